The number of fused-ring (bicyclic) bond motifs is 1. The van der Waals surface area contributed by atoms with Gasteiger partial charge in [0, 0.05) is 37.7 Å². The first-order chi connectivity index (χ1) is 6.43. The number of hydrogen-bond acceptors (Lipinski definition) is 5. The van der Waals surface area contributed by atoms with Crippen LogP contribution in [0.1, 0.15) is 0 Å². The molecular weight excluding hydrogens is 184 g/mol. The molecule has 0 aromatic carbocycles. The maximum absolute atomic E-state index is 4.24. The lowest BCUT2D eigenvalue weighted by Crippen LogP contribution is -2.25. The molecule has 0 unspecified atom stereocenters. The minimum atomic E-state index is 0.837. The summed E-state index contributed by atoms with van der Waals surface area (Å²) >= 11 is 1.50. The van der Waals surface area contributed by atoms with Crippen molar-refractivity contribution in [3.05, 3.63) is 6.33 Å². The van der Waals surface area contributed by atoms with Crippen LogP contribution in [0.4, 0.5) is 5.13 Å². The van der Waals surface area contributed by atoms with Gasteiger partial charge >= 0.3 is 0 Å². The zero-order valence-electron chi connectivity index (χ0n) is 7.31. The van der Waals surface area contributed by atoms with Gasteiger partial charge in [-0.25, -0.2) is 4.98 Å². The van der Waals surface area contributed by atoms with Crippen molar-refractivity contribution < 1.29 is 0 Å². The van der Waals surface area contributed by atoms with Crippen molar-refractivity contribution in [3.8, 4) is 0 Å². The van der Waals surface area contributed by atoms with E-state index in [1.54, 1.807) is 6.33 Å². The van der Waals surface area contributed by atoms with Crippen molar-refractivity contribution in [2.24, 2.45) is 11.8 Å². The standard InChI is InChI=1S/C8H12N4S/c1-6-3-12(4-7(6)2-9-1)8-10-5-11-13-8/h5-7,9H,1-4H2/t6-,7+. The van der Waals surface area contributed by atoms with E-state index in [1.165, 1.54) is 24.6 Å². The number of anilines is 1. The minimum Gasteiger partial charge on any atom is -0.346 e. The highest BCUT2D eigenvalue weighted by molar-refractivity contribution is 7.09. The van der Waals surface area contributed by atoms with Gasteiger partial charge in [0.2, 0.25) is 5.13 Å². The van der Waals surface area contributed by atoms with Crippen molar-refractivity contribution in [1.82, 2.24) is 14.7 Å². The van der Waals surface area contributed by atoms with Gasteiger partial charge in [0.05, 0.1) is 0 Å². The molecule has 0 saturated carbocycles. The lowest BCUT2D eigenvalue weighted by molar-refractivity contribution is 0.533. The molecule has 0 radical (unpaired) electrons. The van der Waals surface area contributed by atoms with Gasteiger partial charge in [-0.2, -0.15) is 4.37 Å². The summed E-state index contributed by atoms with van der Waals surface area (Å²) in [5, 5.41) is 4.52. The van der Waals surface area contributed by atoms with Crippen LogP contribution in [0.3, 0.4) is 0 Å². The molecule has 0 spiro atoms. The maximum Gasteiger partial charge on any atom is 0.204 e. The largest absolute Gasteiger partial charge is 0.346 e. The highest BCUT2D eigenvalue weighted by Gasteiger charge is 2.36. The molecule has 2 aliphatic rings. The second-order valence-corrected chi connectivity index (χ2v) is 4.57. The van der Waals surface area contributed by atoms with Crippen molar-refractivity contribution >= 4 is 16.7 Å². The molecule has 4 nitrogen and oxygen atoms in total. The van der Waals surface area contributed by atoms with Gasteiger partial charge in [0.1, 0.15) is 6.33 Å². The quantitative estimate of drug-likeness (QED) is 0.696. The lowest BCUT2D eigenvalue weighted by atomic mass is 10.0. The monoisotopic (exact) mass is 196 g/mol. The first-order valence-corrected chi connectivity index (χ1v) is 5.43. The molecule has 1 aromatic heterocycles. The Morgan fingerprint density at radius 2 is 2.15 bits per heavy atom. The van der Waals surface area contributed by atoms with Gasteiger partial charge < -0.3 is 10.2 Å². The van der Waals surface area contributed by atoms with E-state index in [4.69, 9.17) is 0 Å². The summed E-state index contributed by atoms with van der Waals surface area (Å²) in [6.45, 7) is 4.68. The van der Waals surface area contributed by atoms with E-state index < -0.39 is 0 Å². The third-order valence-electron chi connectivity index (χ3n) is 3.01. The Bertz CT molecular complexity index is 274. The predicted molar refractivity (Wildman–Crippen MR) is 52.0 cm³/mol. The molecule has 70 valence electrons. The van der Waals surface area contributed by atoms with Gasteiger partial charge in [-0.3, -0.25) is 0 Å². The van der Waals surface area contributed by atoms with E-state index in [0.29, 0.717) is 0 Å². The van der Waals surface area contributed by atoms with Crippen LogP contribution in [0.25, 0.3) is 0 Å². The van der Waals surface area contributed by atoms with E-state index in [0.717, 1.165) is 30.1 Å². The first-order valence-electron chi connectivity index (χ1n) is 4.66. The van der Waals surface area contributed by atoms with Gasteiger partial charge in [-0.15, -0.1) is 0 Å². The predicted octanol–water partition coefficient (Wildman–Crippen LogP) is 0.194. The fourth-order valence-electron chi connectivity index (χ4n) is 2.32. The fourth-order valence-corrected chi connectivity index (χ4v) is 2.87. The molecular formula is C8H12N4S. The number of nitrogens with one attached hydrogen (secondary N) is 1. The molecule has 3 rings (SSSR count). The van der Waals surface area contributed by atoms with Gasteiger partial charge in [-0.1, -0.05) is 0 Å². The number of aromatic nitrogens is 2. The van der Waals surface area contributed by atoms with E-state index in [1.807, 2.05) is 0 Å². The molecule has 2 atom stereocenters. The second-order valence-electron chi connectivity index (χ2n) is 3.81. The van der Waals surface area contributed by atoms with E-state index in [-0.39, 0.29) is 0 Å². The molecule has 0 aliphatic carbocycles. The van der Waals surface area contributed by atoms with Crippen LogP contribution < -0.4 is 10.2 Å². The molecule has 2 saturated heterocycles. The molecule has 0 bridgehead atoms. The SMILES string of the molecule is c1nsc(N2C[C@H]3CNC[C@H]3C2)n1. The van der Waals surface area contributed by atoms with Crippen molar-refractivity contribution in [3.63, 3.8) is 0 Å². The Hall–Kier alpha value is -0.680. The van der Waals surface area contributed by atoms with Gasteiger partial charge in [0.15, 0.2) is 0 Å². The summed E-state index contributed by atoms with van der Waals surface area (Å²) in [4.78, 5) is 6.61. The van der Waals surface area contributed by atoms with Crippen molar-refractivity contribution in [1.29, 1.82) is 0 Å². The van der Waals surface area contributed by atoms with Crippen LogP contribution in [-0.4, -0.2) is 35.5 Å². The summed E-state index contributed by atoms with van der Waals surface area (Å²) in [6, 6.07) is 0. The Morgan fingerprint density at radius 1 is 1.38 bits per heavy atom. The first kappa shape index (κ1) is 7.70. The van der Waals surface area contributed by atoms with Crippen LogP contribution >= 0.6 is 11.5 Å². The van der Waals surface area contributed by atoms with Crippen LogP contribution in [0.15, 0.2) is 6.33 Å². The Balaban J connectivity index is 1.76. The molecule has 5 heteroatoms. The molecule has 2 fully saturated rings. The maximum atomic E-state index is 4.24. The summed E-state index contributed by atoms with van der Waals surface area (Å²) in [6.07, 6.45) is 1.65. The van der Waals surface area contributed by atoms with Crippen LogP contribution in [0.2, 0.25) is 0 Å². The third-order valence-corrected chi connectivity index (χ3v) is 3.74. The summed E-state index contributed by atoms with van der Waals surface area (Å²) in [7, 11) is 0. The van der Waals surface area contributed by atoms with Crippen LogP contribution in [0, 0.1) is 11.8 Å². The molecule has 13 heavy (non-hydrogen) atoms. The average molecular weight is 196 g/mol. The smallest absolute Gasteiger partial charge is 0.204 e. The Morgan fingerprint density at radius 3 is 2.77 bits per heavy atom. The van der Waals surface area contributed by atoms with Crippen LogP contribution in [-0.2, 0) is 0 Å². The van der Waals surface area contributed by atoms with Crippen molar-refractivity contribution in [2.45, 2.75) is 0 Å². The third kappa shape index (κ3) is 1.23. The fraction of sp³-hybridized carbons (Fsp3) is 0.750. The highest BCUT2D eigenvalue weighted by atomic mass is 32.1. The Labute approximate surface area is 81.1 Å². The molecule has 3 heterocycles. The summed E-state index contributed by atoms with van der Waals surface area (Å²) in [5.41, 5.74) is 0. The molecule has 1 N–H and O–H groups in total. The lowest BCUT2D eigenvalue weighted by Gasteiger charge is -2.14. The topological polar surface area (TPSA) is 41.1 Å². The minimum absolute atomic E-state index is 0.837. The van der Waals surface area contributed by atoms with Crippen LogP contribution in [0.5, 0.6) is 0 Å². The van der Waals surface area contributed by atoms with Gasteiger partial charge in [-0.05, 0) is 11.8 Å². The summed E-state index contributed by atoms with van der Waals surface area (Å²) in [5.74, 6) is 1.67. The van der Waals surface area contributed by atoms with E-state index >= 15 is 0 Å². The van der Waals surface area contributed by atoms with Crippen molar-refractivity contribution in [2.75, 3.05) is 31.1 Å². The van der Waals surface area contributed by atoms with Gasteiger partial charge in [0.25, 0.3) is 0 Å². The zero-order chi connectivity index (χ0) is 8.67. The number of rotatable bonds is 1. The molecule has 0 amide bonds. The normalized spacial score (nSPS) is 32.5. The zero-order valence-corrected chi connectivity index (χ0v) is 8.13. The molecule has 2 aliphatic heterocycles. The number of hydrogen-bond donors (Lipinski definition) is 1. The second kappa shape index (κ2) is 2.92. The van der Waals surface area contributed by atoms with E-state index in [9.17, 15) is 0 Å². The number of nitrogens with zero attached hydrogens (tertiary/aromatic N) is 3. The average Bonchev–Trinajstić information content (AvgIpc) is 2.78. The highest BCUT2D eigenvalue weighted by Crippen LogP contribution is 2.30. The summed E-state index contributed by atoms with van der Waals surface area (Å²) < 4.78 is 4.03. The van der Waals surface area contributed by atoms with E-state index in [2.05, 4.69) is 19.6 Å². The Kier molecular flexibility index (Phi) is 1.73. The molecule has 1 aromatic rings.